The van der Waals surface area contributed by atoms with Crippen molar-refractivity contribution in [1.82, 2.24) is 10.3 Å². The molecule has 0 atom stereocenters. The molecule has 1 aromatic heterocycles. The molecule has 0 saturated heterocycles. The number of carbonyl (C=O) groups excluding carboxylic acids is 1. The molecule has 1 amide bonds. The number of aromatic nitrogens is 1. The summed E-state index contributed by atoms with van der Waals surface area (Å²) < 4.78 is 10.2. The molecule has 9 heteroatoms. The minimum atomic E-state index is -0.608. The molecule has 31 heavy (non-hydrogen) atoms. The first-order valence-corrected chi connectivity index (χ1v) is 9.34. The molecule has 0 saturated carbocycles. The summed E-state index contributed by atoms with van der Waals surface area (Å²) in [7, 11) is 2.68. The highest BCUT2D eigenvalue weighted by atomic mass is 16.6. The Hall–Kier alpha value is -4.32. The van der Waals surface area contributed by atoms with Crippen molar-refractivity contribution in [3.05, 3.63) is 69.4 Å². The molecule has 158 valence electrons. The minimum Gasteiger partial charge on any atom is -0.496 e. The van der Waals surface area contributed by atoms with Crippen LogP contribution in [0.25, 0.3) is 17.0 Å². The summed E-state index contributed by atoms with van der Waals surface area (Å²) >= 11 is 0. The van der Waals surface area contributed by atoms with Crippen LogP contribution in [-0.4, -0.2) is 36.6 Å². The summed E-state index contributed by atoms with van der Waals surface area (Å²) in [5.74, 6) is -0.328. The van der Waals surface area contributed by atoms with Crippen LogP contribution in [0.1, 0.15) is 11.1 Å². The average molecular weight is 420 g/mol. The third-order valence-corrected chi connectivity index (χ3v) is 4.75. The maximum atomic E-state index is 12.5. The average Bonchev–Trinajstić information content (AvgIpc) is 3.19. The summed E-state index contributed by atoms with van der Waals surface area (Å²) in [6, 6.07) is 12.2. The molecule has 0 bridgehead atoms. The molecule has 0 radical (unpaired) electrons. The Morgan fingerprint density at radius 1 is 1.26 bits per heavy atom. The topological polar surface area (TPSA) is 130 Å². The maximum Gasteiger partial charge on any atom is 0.311 e. The highest BCUT2D eigenvalue weighted by molar-refractivity contribution is 6.02. The predicted octanol–water partition coefficient (Wildman–Crippen LogP) is 3.36. The lowest BCUT2D eigenvalue weighted by Gasteiger charge is -2.09. The Balaban J connectivity index is 1.78. The van der Waals surface area contributed by atoms with Crippen molar-refractivity contribution in [3.63, 3.8) is 0 Å². The summed E-state index contributed by atoms with van der Waals surface area (Å²) in [4.78, 5) is 26.4. The van der Waals surface area contributed by atoms with Crippen LogP contribution in [0, 0.1) is 21.4 Å². The number of nitrogens with one attached hydrogen (secondary N) is 2. The second-order valence-electron chi connectivity index (χ2n) is 6.56. The van der Waals surface area contributed by atoms with Gasteiger partial charge in [-0.3, -0.25) is 14.9 Å². The molecule has 0 spiro atoms. The van der Waals surface area contributed by atoms with Gasteiger partial charge in [0.15, 0.2) is 0 Å². The highest BCUT2D eigenvalue weighted by Crippen LogP contribution is 2.35. The Bertz CT molecular complexity index is 1210. The summed E-state index contributed by atoms with van der Waals surface area (Å²) in [6.07, 6.45) is 3.72. The third-order valence-electron chi connectivity index (χ3n) is 4.75. The van der Waals surface area contributed by atoms with Gasteiger partial charge in [-0.15, -0.1) is 0 Å². The van der Waals surface area contributed by atoms with Gasteiger partial charge in [0.1, 0.15) is 17.4 Å². The maximum absolute atomic E-state index is 12.5. The number of amides is 1. The van der Waals surface area contributed by atoms with Crippen molar-refractivity contribution in [1.29, 1.82) is 5.26 Å². The standard InChI is InChI=1S/C22H20N4O5/c1-30-20-11-21(31-2)19(26(28)29)10-15(20)9-16(12-23)22(27)24-8-7-14-13-25-18-6-4-3-5-17(14)18/h3-6,9-11,13,25H,7-8H2,1-2H3,(H,24,27). The fourth-order valence-electron chi connectivity index (χ4n) is 3.21. The Morgan fingerprint density at radius 2 is 2.00 bits per heavy atom. The number of carbonyl (C=O) groups is 1. The van der Waals surface area contributed by atoms with E-state index in [4.69, 9.17) is 9.47 Å². The number of benzene rings is 2. The Morgan fingerprint density at radius 3 is 2.68 bits per heavy atom. The first-order valence-electron chi connectivity index (χ1n) is 9.34. The number of ether oxygens (including phenoxy) is 2. The number of nitro benzene ring substituents is 1. The number of para-hydroxylation sites is 1. The first kappa shape index (κ1) is 21.4. The Kier molecular flexibility index (Phi) is 6.52. The fraction of sp³-hybridized carbons (Fsp3) is 0.182. The van der Waals surface area contributed by atoms with Gasteiger partial charge in [-0.05, 0) is 24.1 Å². The van der Waals surface area contributed by atoms with Crippen LogP contribution in [0.15, 0.2) is 48.2 Å². The fourth-order valence-corrected chi connectivity index (χ4v) is 3.21. The van der Waals surface area contributed by atoms with Crippen LogP contribution in [0.2, 0.25) is 0 Å². The van der Waals surface area contributed by atoms with E-state index in [1.807, 2.05) is 36.5 Å². The lowest BCUT2D eigenvalue weighted by molar-refractivity contribution is -0.385. The molecular weight excluding hydrogens is 400 g/mol. The second kappa shape index (κ2) is 9.45. The largest absolute Gasteiger partial charge is 0.496 e. The highest BCUT2D eigenvalue weighted by Gasteiger charge is 2.20. The van der Waals surface area contributed by atoms with Gasteiger partial charge in [-0.1, -0.05) is 18.2 Å². The van der Waals surface area contributed by atoms with E-state index >= 15 is 0 Å². The van der Waals surface area contributed by atoms with Gasteiger partial charge >= 0.3 is 5.69 Å². The number of nitriles is 1. The monoisotopic (exact) mass is 420 g/mol. The van der Waals surface area contributed by atoms with Crippen molar-refractivity contribution in [2.75, 3.05) is 20.8 Å². The SMILES string of the molecule is COc1cc(OC)c([N+](=O)[O-])cc1C=C(C#N)C(=O)NCCc1c[nH]c2ccccc12. The van der Waals surface area contributed by atoms with E-state index in [0.717, 1.165) is 16.5 Å². The number of methoxy groups -OCH3 is 2. The number of H-pyrrole nitrogens is 1. The zero-order valence-electron chi connectivity index (χ0n) is 17.0. The van der Waals surface area contributed by atoms with Crippen molar-refractivity contribution >= 4 is 28.6 Å². The van der Waals surface area contributed by atoms with E-state index in [0.29, 0.717) is 13.0 Å². The number of fused-ring (bicyclic) bond motifs is 1. The van der Waals surface area contributed by atoms with E-state index in [1.54, 1.807) is 0 Å². The van der Waals surface area contributed by atoms with E-state index in [9.17, 15) is 20.2 Å². The smallest absolute Gasteiger partial charge is 0.311 e. The van der Waals surface area contributed by atoms with E-state index < -0.39 is 10.8 Å². The first-order chi connectivity index (χ1) is 15.0. The van der Waals surface area contributed by atoms with Gasteiger partial charge in [-0.25, -0.2) is 0 Å². The van der Waals surface area contributed by atoms with Crippen molar-refractivity contribution in [2.24, 2.45) is 0 Å². The number of aromatic amines is 1. The van der Waals surface area contributed by atoms with Crippen LogP contribution < -0.4 is 14.8 Å². The van der Waals surface area contributed by atoms with Crippen LogP contribution in [0.3, 0.4) is 0 Å². The van der Waals surface area contributed by atoms with Crippen LogP contribution >= 0.6 is 0 Å². The molecule has 1 heterocycles. The van der Waals surface area contributed by atoms with E-state index in [1.165, 1.54) is 32.4 Å². The summed E-state index contributed by atoms with van der Waals surface area (Å²) in [5, 5.41) is 24.5. The molecule has 2 aromatic carbocycles. The van der Waals surface area contributed by atoms with Crippen molar-refractivity contribution < 1.29 is 19.2 Å². The molecular formula is C22H20N4O5. The number of hydrogen-bond donors (Lipinski definition) is 2. The van der Waals surface area contributed by atoms with Crippen LogP contribution in [-0.2, 0) is 11.2 Å². The molecule has 3 aromatic rings. The lowest BCUT2D eigenvalue weighted by atomic mass is 10.1. The van der Waals surface area contributed by atoms with E-state index in [-0.39, 0.29) is 28.3 Å². The second-order valence-corrected chi connectivity index (χ2v) is 6.56. The number of hydrogen-bond acceptors (Lipinski definition) is 6. The van der Waals surface area contributed by atoms with E-state index in [2.05, 4.69) is 10.3 Å². The van der Waals surface area contributed by atoms with Crippen molar-refractivity contribution in [3.8, 4) is 17.6 Å². The van der Waals surface area contributed by atoms with Crippen LogP contribution in [0.5, 0.6) is 11.5 Å². The molecule has 3 rings (SSSR count). The van der Waals surface area contributed by atoms with Gasteiger partial charge in [0.25, 0.3) is 5.91 Å². The molecule has 0 aliphatic heterocycles. The molecule has 2 N–H and O–H groups in total. The normalized spacial score (nSPS) is 11.1. The van der Waals surface area contributed by atoms with Gasteiger partial charge in [0.2, 0.25) is 5.75 Å². The molecule has 0 fully saturated rings. The summed E-state index contributed by atoms with van der Waals surface area (Å²) in [5.41, 5.74) is 1.78. The summed E-state index contributed by atoms with van der Waals surface area (Å²) in [6.45, 7) is 0.319. The van der Waals surface area contributed by atoms with Gasteiger partial charge in [-0.2, -0.15) is 5.26 Å². The quantitative estimate of drug-likeness (QED) is 0.249. The van der Waals surface area contributed by atoms with Gasteiger partial charge in [0, 0.05) is 41.3 Å². The number of nitrogens with zero attached hydrogens (tertiary/aromatic N) is 2. The molecule has 0 unspecified atom stereocenters. The van der Waals surface area contributed by atoms with Crippen LogP contribution in [0.4, 0.5) is 5.69 Å². The molecule has 0 aliphatic rings. The zero-order valence-corrected chi connectivity index (χ0v) is 17.0. The third kappa shape index (κ3) is 4.64. The van der Waals surface area contributed by atoms with Gasteiger partial charge < -0.3 is 19.8 Å². The molecule has 9 nitrogen and oxygen atoms in total. The predicted molar refractivity (Wildman–Crippen MR) is 115 cm³/mol. The zero-order chi connectivity index (χ0) is 22.4. The minimum absolute atomic E-state index is 0.0145. The van der Waals surface area contributed by atoms with Crippen molar-refractivity contribution in [2.45, 2.75) is 6.42 Å². The number of nitro groups is 1. The number of rotatable bonds is 8. The Labute approximate surface area is 178 Å². The molecule has 0 aliphatic carbocycles. The lowest BCUT2D eigenvalue weighted by Crippen LogP contribution is -2.26. The van der Waals surface area contributed by atoms with Gasteiger partial charge in [0.05, 0.1) is 19.1 Å².